The predicted octanol–water partition coefficient (Wildman–Crippen LogP) is 4.33. The fraction of sp³-hybridized carbons (Fsp3) is 0.423. The van der Waals surface area contributed by atoms with Gasteiger partial charge in [-0.3, -0.25) is 4.79 Å². The van der Waals surface area contributed by atoms with E-state index in [4.69, 9.17) is 11.6 Å². The Balaban J connectivity index is 1.40. The largest absolute Gasteiger partial charge is 0.352 e. The molecule has 1 fully saturated rings. The van der Waals surface area contributed by atoms with Gasteiger partial charge >= 0.3 is 0 Å². The minimum atomic E-state index is 0.00721. The molecule has 1 amide bonds. The molecule has 1 aliphatic heterocycles. The maximum absolute atomic E-state index is 12.8. The van der Waals surface area contributed by atoms with Crippen molar-refractivity contribution in [3.05, 3.63) is 69.9 Å². The van der Waals surface area contributed by atoms with Crippen molar-refractivity contribution in [1.29, 1.82) is 0 Å². The van der Waals surface area contributed by atoms with Crippen LogP contribution in [0.3, 0.4) is 0 Å². The monoisotopic (exact) mass is 452 g/mol. The smallest absolute Gasteiger partial charge is 0.251 e. The number of nitrogens with one attached hydrogen (secondary N) is 1. The Labute approximate surface area is 195 Å². The molecule has 0 spiro atoms. The van der Waals surface area contributed by atoms with Crippen LogP contribution < -0.4 is 5.32 Å². The van der Waals surface area contributed by atoms with Gasteiger partial charge in [-0.1, -0.05) is 23.7 Å². The third-order valence-electron chi connectivity index (χ3n) is 6.69. The highest BCUT2D eigenvalue weighted by atomic mass is 35.5. The SMILES string of the molecule is Cc1c(C)n(Cc2ccc(Cl)cc2)c2ccc(C(=O)NCCCN3CCN(C)CC3)cc12. The number of carbonyl (C=O) groups is 1. The predicted molar refractivity (Wildman–Crippen MR) is 133 cm³/mol. The summed E-state index contributed by atoms with van der Waals surface area (Å²) in [5.74, 6) is 0.00721. The summed E-state index contributed by atoms with van der Waals surface area (Å²) in [6.07, 6.45) is 0.979. The molecule has 170 valence electrons. The quantitative estimate of drug-likeness (QED) is 0.542. The van der Waals surface area contributed by atoms with Gasteiger partial charge in [-0.15, -0.1) is 0 Å². The number of carbonyl (C=O) groups excluding carboxylic acids is 1. The standard InChI is InChI=1S/C26H33ClN4O/c1-19-20(2)31(18-21-5-8-23(27)9-6-21)25-10-7-22(17-24(19)25)26(32)28-11-4-12-30-15-13-29(3)14-16-30/h5-10,17H,4,11-16,18H2,1-3H3,(H,28,32). The highest BCUT2D eigenvalue weighted by Crippen LogP contribution is 2.27. The summed E-state index contributed by atoms with van der Waals surface area (Å²) in [7, 11) is 2.17. The van der Waals surface area contributed by atoms with Crippen LogP contribution in [0.5, 0.6) is 0 Å². The number of nitrogens with zero attached hydrogens (tertiary/aromatic N) is 3. The van der Waals surface area contributed by atoms with Crippen molar-refractivity contribution in [3.8, 4) is 0 Å². The first-order valence-electron chi connectivity index (χ1n) is 11.5. The Morgan fingerprint density at radius 2 is 1.75 bits per heavy atom. The fourth-order valence-corrected chi connectivity index (χ4v) is 4.57. The molecule has 0 saturated carbocycles. The molecule has 2 aromatic carbocycles. The second-order valence-electron chi connectivity index (χ2n) is 8.91. The lowest BCUT2D eigenvalue weighted by atomic mass is 10.1. The highest BCUT2D eigenvalue weighted by Gasteiger charge is 2.15. The van der Waals surface area contributed by atoms with Crippen molar-refractivity contribution >= 4 is 28.4 Å². The lowest BCUT2D eigenvalue weighted by Gasteiger charge is -2.32. The molecule has 5 nitrogen and oxygen atoms in total. The minimum Gasteiger partial charge on any atom is -0.352 e. The molecule has 6 heteroatoms. The summed E-state index contributed by atoms with van der Waals surface area (Å²) >= 11 is 6.03. The van der Waals surface area contributed by atoms with Crippen LogP contribution in [0.1, 0.15) is 33.6 Å². The van der Waals surface area contributed by atoms with Crippen molar-refractivity contribution in [2.75, 3.05) is 46.3 Å². The number of rotatable bonds is 7. The number of aromatic nitrogens is 1. The van der Waals surface area contributed by atoms with E-state index in [9.17, 15) is 4.79 Å². The number of hydrogen-bond donors (Lipinski definition) is 1. The van der Waals surface area contributed by atoms with Gasteiger partial charge in [0.05, 0.1) is 0 Å². The molecular weight excluding hydrogens is 420 g/mol. The van der Waals surface area contributed by atoms with Gasteiger partial charge in [0, 0.05) is 66.5 Å². The second-order valence-corrected chi connectivity index (χ2v) is 9.35. The molecule has 0 aliphatic carbocycles. The van der Waals surface area contributed by atoms with E-state index in [-0.39, 0.29) is 5.91 Å². The van der Waals surface area contributed by atoms with Gasteiger partial charge in [0.25, 0.3) is 5.91 Å². The van der Waals surface area contributed by atoms with E-state index in [1.165, 1.54) is 16.8 Å². The van der Waals surface area contributed by atoms with E-state index in [0.717, 1.165) is 67.2 Å². The molecule has 1 aromatic heterocycles. The van der Waals surface area contributed by atoms with Crippen LogP contribution in [0.2, 0.25) is 5.02 Å². The lowest BCUT2D eigenvalue weighted by Crippen LogP contribution is -2.45. The van der Waals surface area contributed by atoms with Gasteiger partial charge < -0.3 is 19.7 Å². The maximum atomic E-state index is 12.8. The van der Waals surface area contributed by atoms with Gasteiger partial charge in [0.15, 0.2) is 0 Å². The highest BCUT2D eigenvalue weighted by molar-refractivity contribution is 6.30. The van der Waals surface area contributed by atoms with E-state index >= 15 is 0 Å². The van der Waals surface area contributed by atoms with Gasteiger partial charge in [-0.2, -0.15) is 0 Å². The summed E-state index contributed by atoms with van der Waals surface area (Å²) < 4.78 is 2.31. The molecule has 1 saturated heterocycles. The van der Waals surface area contributed by atoms with Crippen molar-refractivity contribution < 1.29 is 4.79 Å². The van der Waals surface area contributed by atoms with E-state index in [1.807, 2.05) is 24.3 Å². The summed E-state index contributed by atoms with van der Waals surface area (Å²) in [5, 5.41) is 4.99. The van der Waals surface area contributed by atoms with Crippen LogP contribution in [0.25, 0.3) is 10.9 Å². The first-order valence-corrected chi connectivity index (χ1v) is 11.8. The van der Waals surface area contributed by atoms with Crippen LogP contribution in [-0.2, 0) is 6.54 Å². The number of piperazine rings is 1. The summed E-state index contributed by atoms with van der Waals surface area (Å²) in [6, 6.07) is 14.0. The van der Waals surface area contributed by atoms with Gasteiger partial charge in [0.1, 0.15) is 0 Å². The van der Waals surface area contributed by atoms with Crippen molar-refractivity contribution in [2.45, 2.75) is 26.8 Å². The number of fused-ring (bicyclic) bond motifs is 1. The third kappa shape index (κ3) is 5.17. The molecule has 0 bridgehead atoms. The van der Waals surface area contributed by atoms with E-state index in [2.05, 4.69) is 58.8 Å². The average Bonchev–Trinajstić information content (AvgIpc) is 3.03. The molecule has 1 N–H and O–H groups in total. The van der Waals surface area contributed by atoms with E-state index < -0.39 is 0 Å². The van der Waals surface area contributed by atoms with Crippen LogP contribution in [0.4, 0.5) is 0 Å². The first-order chi connectivity index (χ1) is 15.4. The van der Waals surface area contributed by atoms with Crippen molar-refractivity contribution in [2.24, 2.45) is 0 Å². The zero-order chi connectivity index (χ0) is 22.7. The molecule has 4 rings (SSSR count). The molecule has 2 heterocycles. The fourth-order valence-electron chi connectivity index (χ4n) is 4.45. The van der Waals surface area contributed by atoms with E-state index in [1.54, 1.807) is 0 Å². The number of amides is 1. The molecule has 1 aliphatic rings. The number of halogens is 1. The normalized spacial score (nSPS) is 15.4. The summed E-state index contributed by atoms with van der Waals surface area (Å²) in [6.45, 7) is 11.3. The number of likely N-dealkylation sites (N-methyl/N-ethyl adjacent to an activating group) is 1. The summed E-state index contributed by atoms with van der Waals surface area (Å²) in [5.41, 5.74) is 5.53. The Kier molecular flexibility index (Phi) is 7.19. The van der Waals surface area contributed by atoms with Gasteiger partial charge in [-0.05, 0) is 75.3 Å². The molecule has 0 atom stereocenters. The topological polar surface area (TPSA) is 40.5 Å². The van der Waals surface area contributed by atoms with Crippen molar-refractivity contribution in [1.82, 2.24) is 19.7 Å². The second kappa shape index (κ2) is 10.1. The van der Waals surface area contributed by atoms with Crippen LogP contribution in [0.15, 0.2) is 42.5 Å². The van der Waals surface area contributed by atoms with Crippen molar-refractivity contribution in [3.63, 3.8) is 0 Å². The van der Waals surface area contributed by atoms with Gasteiger partial charge in [0.2, 0.25) is 0 Å². The maximum Gasteiger partial charge on any atom is 0.251 e. The summed E-state index contributed by atoms with van der Waals surface area (Å²) in [4.78, 5) is 17.6. The molecule has 0 unspecified atom stereocenters. The number of benzene rings is 2. The molecular formula is C26H33ClN4O. The zero-order valence-electron chi connectivity index (χ0n) is 19.3. The Morgan fingerprint density at radius 3 is 2.47 bits per heavy atom. The molecule has 32 heavy (non-hydrogen) atoms. The van der Waals surface area contributed by atoms with Gasteiger partial charge in [-0.25, -0.2) is 0 Å². The van der Waals surface area contributed by atoms with Crippen LogP contribution >= 0.6 is 11.6 Å². The van der Waals surface area contributed by atoms with Crippen LogP contribution in [-0.4, -0.2) is 66.6 Å². The molecule has 3 aromatic rings. The number of aryl methyl sites for hydroxylation is 1. The minimum absolute atomic E-state index is 0.00721. The first kappa shape index (κ1) is 22.8. The Hall–Kier alpha value is -2.34. The zero-order valence-corrected chi connectivity index (χ0v) is 20.1. The van der Waals surface area contributed by atoms with E-state index in [0.29, 0.717) is 6.54 Å². The lowest BCUT2D eigenvalue weighted by molar-refractivity contribution is 0.0949. The third-order valence-corrected chi connectivity index (χ3v) is 6.94. The molecule has 0 radical (unpaired) electrons. The Morgan fingerprint density at radius 1 is 1.03 bits per heavy atom. The Bertz CT molecular complexity index is 1080. The van der Waals surface area contributed by atoms with Crippen LogP contribution in [0, 0.1) is 13.8 Å². The number of hydrogen-bond acceptors (Lipinski definition) is 3. The average molecular weight is 453 g/mol.